The van der Waals surface area contributed by atoms with Gasteiger partial charge in [-0.15, -0.1) is 0 Å². The van der Waals surface area contributed by atoms with Gasteiger partial charge in [0.25, 0.3) is 0 Å². The van der Waals surface area contributed by atoms with Crippen LogP contribution in [-0.2, 0) is 14.8 Å². The highest BCUT2D eigenvalue weighted by atomic mass is 32.2. The van der Waals surface area contributed by atoms with Crippen molar-refractivity contribution in [2.75, 3.05) is 12.4 Å². The fourth-order valence-corrected chi connectivity index (χ4v) is 4.78. The van der Waals surface area contributed by atoms with E-state index in [0.29, 0.717) is 10.8 Å². The van der Waals surface area contributed by atoms with Gasteiger partial charge in [0, 0.05) is 17.8 Å². The predicted molar refractivity (Wildman–Crippen MR) is 118 cm³/mol. The summed E-state index contributed by atoms with van der Waals surface area (Å²) < 4.78 is 32.1. The second-order valence-corrected chi connectivity index (χ2v) is 10.0. The summed E-state index contributed by atoms with van der Waals surface area (Å²) in [6.07, 6.45) is 0. The molecule has 0 saturated carbocycles. The number of carbonyl (C=O) groups is 1. The molecule has 0 fully saturated rings. The molecule has 0 saturated heterocycles. The highest BCUT2D eigenvalue weighted by molar-refractivity contribution is 8.00. The molecule has 1 unspecified atom stereocenters. The van der Waals surface area contributed by atoms with E-state index in [1.165, 1.54) is 23.9 Å². The van der Waals surface area contributed by atoms with Crippen molar-refractivity contribution >= 4 is 44.4 Å². The number of anilines is 1. The molecule has 2 aromatic carbocycles. The Labute approximate surface area is 179 Å². The van der Waals surface area contributed by atoms with E-state index < -0.39 is 15.3 Å². The number of methoxy groups -OCH3 is 1. The first-order valence-corrected chi connectivity index (χ1v) is 11.7. The minimum atomic E-state index is -3.57. The van der Waals surface area contributed by atoms with E-state index in [4.69, 9.17) is 4.74 Å². The number of aromatic amines is 1. The number of hydrogen-bond acceptors (Lipinski definition) is 6. The number of benzene rings is 2. The van der Waals surface area contributed by atoms with Crippen LogP contribution in [0.5, 0.6) is 5.75 Å². The number of amides is 1. The van der Waals surface area contributed by atoms with Crippen LogP contribution in [0.2, 0.25) is 0 Å². The van der Waals surface area contributed by atoms with E-state index in [2.05, 4.69) is 20.0 Å². The molecule has 1 amide bonds. The molecule has 10 heteroatoms. The van der Waals surface area contributed by atoms with E-state index in [9.17, 15) is 13.2 Å². The molecule has 3 rings (SSSR count). The number of rotatable bonds is 8. The van der Waals surface area contributed by atoms with E-state index in [1.807, 2.05) is 18.2 Å². The molecular formula is C20H24N4O4S2. The first kappa shape index (κ1) is 22.1. The Kier molecular flexibility index (Phi) is 6.69. The number of thioether (sulfide) groups is 1. The van der Waals surface area contributed by atoms with Gasteiger partial charge in [0.05, 0.1) is 28.3 Å². The second kappa shape index (κ2) is 9.07. The normalized spacial score (nSPS) is 12.8. The molecule has 0 radical (unpaired) electrons. The minimum absolute atomic E-state index is 0.148. The molecule has 0 aliphatic carbocycles. The van der Waals surface area contributed by atoms with Gasteiger partial charge in [-0.05, 0) is 57.2 Å². The molecule has 160 valence electrons. The number of imidazole rings is 1. The van der Waals surface area contributed by atoms with Gasteiger partial charge >= 0.3 is 0 Å². The third-order valence-corrected chi connectivity index (χ3v) is 6.81. The van der Waals surface area contributed by atoms with Crippen LogP contribution < -0.4 is 14.8 Å². The topological polar surface area (TPSA) is 113 Å². The summed E-state index contributed by atoms with van der Waals surface area (Å²) in [6, 6.07) is 11.4. The summed E-state index contributed by atoms with van der Waals surface area (Å²) >= 11 is 1.30. The maximum Gasteiger partial charge on any atom is 0.240 e. The van der Waals surface area contributed by atoms with Gasteiger partial charge in [0.1, 0.15) is 5.75 Å². The summed E-state index contributed by atoms with van der Waals surface area (Å²) in [5.41, 5.74) is 2.14. The lowest BCUT2D eigenvalue weighted by Gasteiger charge is -2.12. The summed E-state index contributed by atoms with van der Waals surface area (Å²) in [5.74, 6) is 0.511. The van der Waals surface area contributed by atoms with Crippen molar-refractivity contribution in [1.29, 1.82) is 0 Å². The van der Waals surface area contributed by atoms with Crippen LogP contribution in [0, 0.1) is 0 Å². The van der Waals surface area contributed by atoms with E-state index in [0.717, 1.165) is 16.8 Å². The molecule has 0 aliphatic rings. The van der Waals surface area contributed by atoms with Crippen molar-refractivity contribution in [2.24, 2.45) is 0 Å². The molecule has 8 nitrogen and oxygen atoms in total. The van der Waals surface area contributed by atoms with Crippen LogP contribution in [0.1, 0.15) is 20.8 Å². The van der Waals surface area contributed by atoms with Crippen molar-refractivity contribution in [3.05, 3.63) is 42.5 Å². The highest BCUT2D eigenvalue weighted by Gasteiger charge is 2.18. The number of nitrogens with one attached hydrogen (secondary N) is 3. The lowest BCUT2D eigenvalue weighted by atomic mass is 10.3. The van der Waals surface area contributed by atoms with Crippen LogP contribution in [0.25, 0.3) is 11.0 Å². The molecule has 1 aromatic heterocycles. The molecule has 0 spiro atoms. The van der Waals surface area contributed by atoms with Crippen molar-refractivity contribution in [2.45, 2.75) is 42.1 Å². The fourth-order valence-electron chi connectivity index (χ4n) is 2.71. The first-order chi connectivity index (χ1) is 14.2. The van der Waals surface area contributed by atoms with Crippen molar-refractivity contribution < 1.29 is 17.9 Å². The number of nitrogens with zero attached hydrogens (tertiary/aromatic N) is 1. The summed E-state index contributed by atoms with van der Waals surface area (Å²) in [5, 5.41) is 3.01. The molecule has 0 bridgehead atoms. The zero-order chi connectivity index (χ0) is 21.9. The van der Waals surface area contributed by atoms with Crippen molar-refractivity contribution in [1.82, 2.24) is 14.7 Å². The summed E-state index contributed by atoms with van der Waals surface area (Å²) in [6.45, 7) is 5.28. The molecule has 3 N–H and O–H groups in total. The Hall–Kier alpha value is -2.56. The van der Waals surface area contributed by atoms with Crippen LogP contribution in [0.4, 0.5) is 5.69 Å². The number of H-pyrrole nitrogens is 1. The average molecular weight is 449 g/mol. The third kappa shape index (κ3) is 5.32. The number of sulfonamides is 1. The van der Waals surface area contributed by atoms with Gasteiger partial charge in [-0.3, -0.25) is 4.79 Å². The summed E-state index contributed by atoms with van der Waals surface area (Å²) in [7, 11) is -1.97. The molecule has 1 atom stereocenters. The zero-order valence-corrected chi connectivity index (χ0v) is 18.7. The summed E-state index contributed by atoms with van der Waals surface area (Å²) in [4.78, 5) is 20.3. The second-order valence-electron chi connectivity index (χ2n) is 6.97. The molecule has 1 heterocycles. The van der Waals surface area contributed by atoms with Crippen LogP contribution in [0.15, 0.2) is 52.5 Å². The third-order valence-electron chi connectivity index (χ3n) is 4.15. The SMILES string of the molecule is COc1ccc2nc(SC(C)C(=O)Nc3ccc(S(=O)(=O)NC(C)C)cc3)[nH]c2c1. The monoisotopic (exact) mass is 448 g/mol. The molecule has 3 aromatic rings. The van der Waals surface area contributed by atoms with Crippen LogP contribution >= 0.6 is 11.8 Å². The Morgan fingerprint density at radius 3 is 2.47 bits per heavy atom. The van der Waals surface area contributed by atoms with Crippen LogP contribution in [0.3, 0.4) is 0 Å². The number of aromatic nitrogens is 2. The number of ether oxygens (including phenoxy) is 1. The highest BCUT2D eigenvalue weighted by Crippen LogP contribution is 2.26. The average Bonchev–Trinajstić information content (AvgIpc) is 3.08. The van der Waals surface area contributed by atoms with Crippen molar-refractivity contribution in [3.8, 4) is 5.75 Å². The smallest absolute Gasteiger partial charge is 0.240 e. The predicted octanol–water partition coefficient (Wildman–Crippen LogP) is 3.38. The Morgan fingerprint density at radius 1 is 1.13 bits per heavy atom. The zero-order valence-electron chi connectivity index (χ0n) is 17.1. The van der Waals surface area contributed by atoms with Gasteiger partial charge in [-0.25, -0.2) is 18.1 Å². The minimum Gasteiger partial charge on any atom is -0.497 e. The number of fused-ring (bicyclic) bond motifs is 1. The first-order valence-electron chi connectivity index (χ1n) is 9.31. The van der Waals surface area contributed by atoms with Gasteiger partial charge in [0.15, 0.2) is 5.16 Å². The lowest BCUT2D eigenvalue weighted by molar-refractivity contribution is -0.115. The van der Waals surface area contributed by atoms with Crippen LogP contribution in [-0.4, -0.2) is 42.7 Å². The van der Waals surface area contributed by atoms with E-state index in [-0.39, 0.29) is 16.8 Å². The standard InChI is InChI=1S/C20H24N4O4S2/c1-12(2)24-30(26,27)16-8-5-14(6-9-16)21-19(25)13(3)29-20-22-17-10-7-15(28-4)11-18(17)23-20/h5-13,24H,1-4H3,(H,21,25)(H,22,23). The number of hydrogen-bond donors (Lipinski definition) is 3. The van der Waals surface area contributed by atoms with E-state index in [1.54, 1.807) is 40.0 Å². The number of carbonyl (C=O) groups excluding carboxylic acids is 1. The lowest BCUT2D eigenvalue weighted by Crippen LogP contribution is -2.30. The Balaban J connectivity index is 1.64. The van der Waals surface area contributed by atoms with Gasteiger partial charge in [-0.1, -0.05) is 11.8 Å². The molecular weight excluding hydrogens is 424 g/mol. The molecule has 30 heavy (non-hydrogen) atoms. The largest absolute Gasteiger partial charge is 0.497 e. The fraction of sp³-hybridized carbons (Fsp3) is 0.300. The van der Waals surface area contributed by atoms with Gasteiger partial charge in [-0.2, -0.15) is 0 Å². The van der Waals surface area contributed by atoms with E-state index >= 15 is 0 Å². The Morgan fingerprint density at radius 2 is 1.83 bits per heavy atom. The van der Waals surface area contributed by atoms with Crippen molar-refractivity contribution in [3.63, 3.8) is 0 Å². The maximum absolute atomic E-state index is 12.5. The van der Waals surface area contributed by atoms with Gasteiger partial charge < -0.3 is 15.0 Å². The quantitative estimate of drug-likeness (QED) is 0.455. The maximum atomic E-state index is 12.5. The molecule has 0 aliphatic heterocycles. The van der Waals surface area contributed by atoms with Gasteiger partial charge in [0.2, 0.25) is 15.9 Å². The Bertz CT molecular complexity index is 1140.